The molecule has 0 saturated carbocycles. The van der Waals surface area contributed by atoms with Crippen LogP contribution in [0.15, 0.2) is 0 Å². The fourth-order valence-electron chi connectivity index (χ4n) is 2.81. The minimum absolute atomic E-state index is 0.0829. The second-order valence-electron chi connectivity index (χ2n) is 6.07. The summed E-state index contributed by atoms with van der Waals surface area (Å²) in [6, 6.07) is 1.08. The summed E-state index contributed by atoms with van der Waals surface area (Å²) < 4.78 is 10.7. The lowest BCUT2D eigenvalue weighted by Crippen LogP contribution is -2.64. The number of nitrogens with two attached hydrogens (primary N) is 1. The largest absolute Gasteiger partial charge is 0.356 e. The van der Waals surface area contributed by atoms with Crippen molar-refractivity contribution < 1.29 is 9.47 Å². The third kappa shape index (κ3) is 3.89. The number of hydrogen-bond acceptors (Lipinski definition) is 5. The van der Waals surface area contributed by atoms with Crippen molar-refractivity contribution in [2.75, 3.05) is 40.9 Å². The Morgan fingerprint density at radius 2 is 1.68 bits per heavy atom. The van der Waals surface area contributed by atoms with E-state index in [1.807, 2.05) is 0 Å². The first-order valence-electron chi connectivity index (χ1n) is 7.10. The van der Waals surface area contributed by atoms with E-state index < -0.39 is 0 Å². The molecule has 5 heteroatoms. The Kier molecular flexibility index (Phi) is 6.20. The second kappa shape index (κ2) is 6.99. The van der Waals surface area contributed by atoms with E-state index in [4.69, 9.17) is 15.2 Å². The number of ether oxygens (including phenoxy) is 2. The van der Waals surface area contributed by atoms with E-state index in [0.717, 1.165) is 19.5 Å². The average Bonchev–Trinajstić information content (AvgIpc) is 2.41. The lowest BCUT2D eigenvalue weighted by molar-refractivity contribution is -0.134. The summed E-state index contributed by atoms with van der Waals surface area (Å²) in [6.07, 6.45) is 0.596. The molecule has 1 aliphatic rings. The molecule has 0 spiro atoms. The van der Waals surface area contributed by atoms with Gasteiger partial charge in [-0.3, -0.25) is 9.80 Å². The Balaban J connectivity index is 2.77. The second-order valence-corrected chi connectivity index (χ2v) is 6.07. The van der Waals surface area contributed by atoms with Crippen molar-refractivity contribution in [1.82, 2.24) is 9.80 Å². The van der Waals surface area contributed by atoms with E-state index in [-0.39, 0.29) is 11.8 Å². The molecule has 2 N–H and O–H groups in total. The number of hydrogen-bond donors (Lipinski definition) is 1. The van der Waals surface area contributed by atoms with Crippen molar-refractivity contribution in [3.63, 3.8) is 0 Å². The highest BCUT2D eigenvalue weighted by molar-refractivity contribution is 4.95. The van der Waals surface area contributed by atoms with Crippen molar-refractivity contribution in [3.05, 3.63) is 0 Å². The van der Waals surface area contributed by atoms with E-state index in [2.05, 4.69) is 37.6 Å². The molecule has 1 heterocycles. The van der Waals surface area contributed by atoms with E-state index >= 15 is 0 Å². The Morgan fingerprint density at radius 3 is 2.05 bits per heavy atom. The lowest BCUT2D eigenvalue weighted by Gasteiger charge is -2.50. The van der Waals surface area contributed by atoms with Crippen LogP contribution in [-0.4, -0.2) is 74.6 Å². The van der Waals surface area contributed by atoms with Crippen LogP contribution >= 0.6 is 0 Å². The molecular weight excluding hydrogens is 242 g/mol. The zero-order chi connectivity index (χ0) is 14.6. The normalized spacial score (nSPS) is 29.7. The average molecular weight is 273 g/mol. The monoisotopic (exact) mass is 273 g/mol. The highest BCUT2D eigenvalue weighted by atomic mass is 16.7. The quantitative estimate of drug-likeness (QED) is 0.723. The maximum absolute atomic E-state index is 6.05. The maximum atomic E-state index is 6.05. The van der Waals surface area contributed by atoms with Crippen LogP contribution in [0.2, 0.25) is 0 Å². The van der Waals surface area contributed by atoms with Gasteiger partial charge in [0.2, 0.25) is 0 Å². The Bertz CT molecular complexity index is 261. The van der Waals surface area contributed by atoms with E-state index in [1.165, 1.54) is 0 Å². The third-order valence-corrected chi connectivity index (χ3v) is 4.70. The van der Waals surface area contributed by atoms with Gasteiger partial charge in [-0.25, -0.2) is 0 Å². The molecule has 1 aliphatic heterocycles. The van der Waals surface area contributed by atoms with Crippen LogP contribution in [0.3, 0.4) is 0 Å². The Labute approximate surface area is 118 Å². The molecule has 1 fully saturated rings. The van der Waals surface area contributed by atoms with Gasteiger partial charge in [-0.05, 0) is 27.8 Å². The zero-order valence-corrected chi connectivity index (χ0v) is 13.3. The smallest absolute Gasteiger partial charge is 0.158 e. The Hall–Kier alpha value is -0.200. The van der Waals surface area contributed by atoms with Crippen LogP contribution in [0.4, 0.5) is 0 Å². The summed E-state index contributed by atoms with van der Waals surface area (Å²) in [5.74, 6) is 0. The minimum Gasteiger partial charge on any atom is -0.356 e. The number of likely N-dealkylation sites (N-methyl/N-ethyl adjacent to an activating group) is 1. The predicted molar refractivity (Wildman–Crippen MR) is 78.1 cm³/mol. The molecule has 5 nitrogen and oxygen atoms in total. The van der Waals surface area contributed by atoms with E-state index in [1.54, 1.807) is 14.2 Å². The molecule has 0 radical (unpaired) electrons. The van der Waals surface area contributed by atoms with Crippen LogP contribution in [-0.2, 0) is 9.47 Å². The van der Waals surface area contributed by atoms with Crippen molar-refractivity contribution in [3.8, 4) is 0 Å². The van der Waals surface area contributed by atoms with Gasteiger partial charge >= 0.3 is 0 Å². The van der Waals surface area contributed by atoms with Gasteiger partial charge in [0, 0.05) is 57.9 Å². The number of nitrogens with zero attached hydrogens (tertiary/aromatic N) is 2. The zero-order valence-electron chi connectivity index (χ0n) is 13.3. The summed E-state index contributed by atoms with van der Waals surface area (Å²) in [7, 11) is 5.56. The molecule has 0 amide bonds. The fraction of sp³-hybridized carbons (Fsp3) is 1.00. The van der Waals surface area contributed by atoms with E-state index in [9.17, 15) is 0 Å². The van der Waals surface area contributed by atoms with Crippen molar-refractivity contribution in [1.29, 1.82) is 0 Å². The molecule has 3 atom stereocenters. The molecule has 0 aromatic heterocycles. The summed E-state index contributed by atoms with van der Waals surface area (Å²) in [6.45, 7) is 9.43. The van der Waals surface area contributed by atoms with Crippen LogP contribution in [0, 0.1) is 0 Å². The first-order chi connectivity index (χ1) is 8.87. The standard InChI is InChI=1S/C14H31N3O2/c1-11-8-17(9-12(2)16(11)4)14(3,10-15)7-13(18-5)19-6/h11-13H,7-10,15H2,1-6H3. The fourth-order valence-corrected chi connectivity index (χ4v) is 2.81. The van der Waals surface area contributed by atoms with Crippen LogP contribution in [0.5, 0.6) is 0 Å². The summed E-state index contributed by atoms with van der Waals surface area (Å²) in [5.41, 5.74) is 5.97. The SMILES string of the molecule is COC(CC(C)(CN)N1CC(C)N(C)C(C)C1)OC. The topological polar surface area (TPSA) is 51.0 Å². The molecule has 1 saturated heterocycles. The molecule has 0 bridgehead atoms. The molecule has 19 heavy (non-hydrogen) atoms. The van der Waals surface area contributed by atoms with Crippen molar-refractivity contribution in [2.45, 2.75) is 51.1 Å². The van der Waals surface area contributed by atoms with Crippen molar-refractivity contribution in [2.24, 2.45) is 5.73 Å². The van der Waals surface area contributed by atoms with Crippen LogP contribution in [0.1, 0.15) is 27.2 Å². The summed E-state index contributed by atoms with van der Waals surface area (Å²) in [5, 5.41) is 0. The highest BCUT2D eigenvalue weighted by Crippen LogP contribution is 2.26. The first kappa shape index (κ1) is 16.9. The van der Waals surface area contributed by atoms with Gasteiger partial charge in [0.15, 0.2) is 6.29 Å². The van der Waals surface area contributed by atoms with Gasteiger partial charge in [0.25, 0.3) is 0 Å². The first-order valence-corrected chi connectivity index (χ1v) is 7.10. The minimum atomic E-state index is -0.196. The maximum Gasteiger partial charge on any atom is 0.158 e. The van der Waals surface area contributed by atoms with Gasteiger partial charge in [-0.2, -0.15) is 0 Å². The van der Waals surface area contributed by atoms with Gasteiger partial charge in [0.1, 0.15) is 0 Å². The van der Waals surface area contributed by atoms with Gasteiger partial charge in [-0.15, -0.1) is 0 Å². The molecule has 1 rings (SSSR count). The van der Waals surface area contributed by atoms with E-state index in [0.29, 0.717) is 18.6 Å². The molecule has 3 unspecified atom stereocenters. The highest BCUT2D eigenvalue weighted by Gasteiger charge is 2.38. The summed E-state index contributed by atoms with van der Waals surface area (Å²) in [4.78, 5) is 4.92. The molecule has 0 aromatic carbocycles. The molecule has 0 aromatic rings. The van der Waals surface area contributed by atoms with Gasteiger partial charge < -0.3 is 15.2 Å². The van der Waals surface area contributed by atoms with Crippen LogP contribution in [0.25, 0.3) is 0 Å². The Morgan fingerprint density at radius 1 is 1.21 bits per heavy atom. The predicted octanol–water partition coefficient (Wildman–Crippen LogP) is 0.737. The lowest BCUT2D eigenvalue weighted by atomic mass is 9.92. The van der Waals surface area contributed by atoms with Crippen LogP contribution < -0.4 is 5.73 Å². The van der Waals surface area contributed by atoms with Gasteiger partial charge in [0.05, 0.1) is 0 Å². The molecular formula is C14H31N3O2. The van der Waals surface area contributed by atoms with Gasteiger partial charge in [-0.1, -0.05) is 0 Å². The summed E-state index contributed by atoms with van der Waals surface area (Å²) >= 11 is 0. The number of methoxy groups -OCH3 is 2. The third-order valence-electron chi connectivity index (χ3n) is 4.70. The molecule has 0 aliphatic carbocycles. The van der Waals surface area contributed by atoms with Crippen molar-refractivity contribution >= 4 is 0 Å². The molecule has 114 valence electrons. The number of rotatable bonds is 6. The number of piperazine rings is 1.